The van der Waals surface area contributed by atoms with Gasteiger partial charge in [0.05, 0.1) is 11.9 Å². The molecule has 1 fully saturated rings. The van der Waals surface area contributed by atoms with Gasteiger partial charge in [-0.3, -0.25) is 0 Å². The summed E-state index contributed by atoms with van der Waals surface area (Å²) in [6.07, 6.45) is 3.93. The fraction of sp³-hybridized carbons (Fsp3) is 0.214. The van der Waals surface area contributed by atoms with Crippen molar-refractivity contribution in [2.45, 2.75) is 18.8 Å². The van der Waals surface area contributed by atoms with E-state index in [4.69, 9.17) is 10.3 Å². The van der Waals surface area contributed by atoms with E-state index in [1.54, 1.807) is 10.9 Å². The largest absolute Gasteiger partial charge is 0.383 e. The van der Waals surface area contributed by atoms with Crippen molar-refractivity contribution in [1.29, 1.82) is 0 Å². The smallest absolute Gasteiger partial charge is 0.263 e. The number of aromatic nitrogens is 4. The van der Waals surface area contributed by atoms with Gasteiger partial charge in [-0.25, -0.2) is 4.68 Å². The van der Waals surface area contributed by atoms with Crippen LogP contribution >= 0.6 is 0 Å². The average molecular weight is 267 g/mol. The van der Waals surface area contributed by atoms with Gasteiger partial charge in [-0.1, -0.05) is 23.4 Å². The van der Waals surface area contributed by atoms with Crippen molar-refractivity contribution in [2.24, 2.45) is 0 Å². The van der Waals surface area contributed by atoms with Crippen LogP contribution in [0.2, 0.25) is 0 Å². The summed E-state index contributed by atoms with van der Waals surface area (Å²) < 4.78 is 6.95. The molecule has 1 saturated carbocycles. The Hall–Kier alpha value is -2.63. The van der Waals surface area contributed by atoms with E-state index in [9.17, 15) is 0 Å². The summed E-state index contributed by atoms with van der Waals surface area (Å²) >= 11 is 0. The average Bonchev–Trinajstić information content (AvgIpc) is 3.09. The van der Waals surface area contributed by atoms with Gasteiger partial charge in [0.15, 0.2) is 5.82 Å². The molecule has 4 rings (SSSR count). The van der Waals surface area contributed by atoms with Crippen LogP contribution in [0.4, 0.5) is 5.82 Å². The van der Waals surface area contributed by atoms with Gasteiger partial charge in [0, 0.05) is 5.92 Å². The van der Waals surface area contributed by atoms with E-state index in [0.29, 0.717) is 23.2 Å². The molecule has 0 amide bonds. The van der Waals surface area contributed by atoms with Crippen LogP contribution in [0.1, 0.15) is 24.6 Å². The highest BCUT2D eigenvalue weighted by atomic mass is 16.5. The van der Waals surface area contributed by atoms with Crippen molar-refractivity contribution in [3.05, 3.63) is 42.4 Å². The Morgan fingerprint density at radius 3 is 2.75 bits per heavy atom. The molecule has 1 aliphatic rings. The fourth-order valence-corrected chi connectivity index (χ4v) is 2.15. The molecule has 3 aromatic rings. The Morgan fingerprint density at radius 2 is 2.00 bits per heavy atom. The first-order chi connectivity index (χ1) is 9.83. The standard InChI is InChI=1S/C14H13N5O/c15-12-11(14-17-13(18-20-14)9-6-7-9)8-16-19(12)10-4-2-1-3-5-10/h1-5,8-9H,6-7,15H2. The van der Waals surface area contributed by atoms with E-state index in [-0.39, 0.29) is 0 Å². The van der Waals surface area contributed by atoms with Crippen molar-refractivity contribution in [2.75, 3.05) is 5.73 Å². The van der Waals surface area contributed by atoms with Crippen molar-refractivity contribution in [1.82, 2.24) is 19.9 Å². The summed E-state index contributed by atoms with van der Waals surface area (Å²) in [6.45, 7) is 0. The van der Waals surface area contributed by atoms with Crippen LogP contribution in [0.3, 0.4) is 0 Å². The molecule has 0 aliphatic heterocycles. The molecule has 0 radical (unpaired) electrons. The number of nitrogens with zero attached hydrogens (tertiary/aromatic N) is 4. The highest BCUT2D eigenvalue weighted by Gasteiger charge is 2.29. The number of hydrogen-bond donors (Lipinski definition) is 1. The second-order valence-electron chi connectivity index (χ2n) is 4.92. The maximum Gasteiger partial charge on any atom is 0.263 e. The summed E-state index contributed by atoms with van der Waals surface area (Å²) in [6, 6.07) is 9.71. The first-order valence-corrected chi connectivity index (χ1v) is 6.56. The van der Waals surface area contributed by atoms with E-state index in [0.717, 1.165) is 24.4 Å². The highest BCUT2D eigenvalue weighted by Crippen LogP contribution is 2.39. The third-order valence-electron chi connectivity index (χ3n) is 3.42. The number of para-hydroxylation sites is 1. The van der Waals surface area contributed by atoms with Gasteiger partial charge in [-0.15, -0.1) is 0 Å². The molecule has 0 unspecified atom stereocenters. The van der Waals surface area contributed by atoms with Gasteiger partial charge in [0.25, 0.3) is 5.89 Å². The van der Waals surface area contributed by atoms with E-state index < -0.39 is 0 Å². The number of anilines is 1. The Bertz CT molecular complexity index is 742. The predicted octanol–water partition coefficient (Wildman–Crippen LogP) is 2.38. The van der Waals surface area contributed by atoms with Crippen LogP contribution in [0.5, 0.6) is 0 Å². The third kappa shape index (κ3) is 1.77. The van der Waals surface area contributed by atoms with Gasteiger partial charge in [-0.05, 0) is 25.0 Å². The second-order valence-corrected chi connectivity index (χ2v) is 4.92. The van der Waals surface area contributed by atoms with Gasteiger partial charge in [0.1, 0.15) is 11.4 Å². The van der Waals surface area contributed by atoms with Crippen LogP contribution in [0.15, 0.2) is 41.1 Å². The van der Waals surface area contributed by atoms with Crippen molar-refractivity contribution >= 4 is 5.82 Å². The lowest BCUT2D eigenvalue weighted by molar-refractivity contribution is 0.423. The Morgan fingerprint density at radius 1 is 1.20 bits per heavy atom. The van der Waals surface area contributed by atoms with Crippen molar-refractivity contribution < 1.29 is 4.52 Å². The molecule has 100 valence electrons. The first kappa shape index (κ1) is 11.2. The molecule has 0 spiro atoms. The van der Waals surface area contributed by atoms with Crippen LogP contribution < -0.4 is 5.73 Å². The first-order valence-electron chi connectivity index (χ1n) is 6.56. The lowest BCUT2D eigenvalue weighted by atomic mass is 10.3. The molecule has 0 bridgehead atoms. The monoisotopic (exact) mass is 267 g/mol. The van der Waals surface area contributed by atoms with E-state index >= 15 is 0 Å². The minimum atomic E-state index is 0.437. The lowest BCUT2D eigenvalue weighted by Crippen LogP contribution is -2.01. The molecule has 0 saturated heterocycles. The van der Waals surface area contributed by atoms with Gasteiger partial charge < -0.3 is 10.3 Å². The summed E-state index contributed by atoms with van der Waals surface area (Å²) in [5, 5.41) is 8.29. The zero-order valence-electron chi connectivity index (χ0n) is 10.7. The maximum atomic E-state index is 6.14. The molecule has 2 aromatic heterocycles. The number of nitrogen functional groups attached to an aromatic ring is 1. The van der Waals surface area contributed by atoms with Gasteiger partial charge >= 0.3 is 0 Å². The lowest BCUT2D eigenvalue weighted by Gasteiger charge is -2.03. The molecule has 20 heavy (non-hydrogen) atoms. The maximum absolute atomic E-state index is 6.14. The molecule has 1 aliphatic carbocycles. The topological polar surface area (TPSA) is 82.8 Å². The predicted molar refractivity (Wildman–Crippen MR) is 73.2 cm³/mol. The summed E-state index contributed by atoms with van der Waals surface area (Å²) in [5.74, 6) is 2.17. The van der Waals surface area contributed by atoms with Crippen LogP contribution in [-0.2, 0) is 0 Å². The minimum absolute atomic E-state index is 0.437. The highest BCUT2D eigenvalue weighted by molar-refractivity contribution is 5.68. The normalized spacial score (nSPS) is 14.6. The quantitative estimate of drug-likeness (QED) is 0.787. The fourth-order valence-electron chi connectivity index (χ4n) is 2.15. The molecule has 2 N–H and O–H groups in total. The Kier molecular flexibility index (Phi) is 2.35. The van der Waals surface area contributed by atoms with E-state index in [1.807, 2.05) is 30.3 Å². The van der Waals surface area contributed by atoms with Crippen LogP contribution in [0.25, 0.3) is 17.1 Å². The molecule has 1 aromatic carbocycles. The van der Waals surface area contributed by atoms with Crippen molar-refractivity contribution in [3.8, 4) is 17.1 Å². The molecular formula is C14H13N5O. The van der Waals surface area contributed by atoms with Crippen LogP contribution in [0, 0.1) is 0 Å². The number of rotatable bonds is 3. The zero-order chi connectivity index (χ0) is 13.5. The van der Waals surface area contributed by atoms with Gasteiger partial charge in [-0.2, -0.15) is 10.1 Å². The van der Waals surface area contributed by atoms with Gasteiger partial charge in [0.2, 0.25) is 0 Å². The zero-order valence-corrected chi connectivity index (χ0v) is 10.7. The molecular weight excluding hydrogens is 254 g/mol. The number of hydrogen-bond acceptors (Lipinski definition) is 5. The van der Waals surface area contributed by atoms with Crippen molar-refractivity contribution in [3.63, 3.8) is 0 Å². The molecule has 0 atom stereocenters. The molecule has 6 heteroatoms. The summed E-state index contributed by atoms with van der Waals surface area (Å²) in [7, 11) is 0. The van der Waals surface area contributed by atoms with E-state index in [1.165, 1.54) is 0 Å². The summed E-state index contributed by atoms with van der Waals surface area (Å²) in [5.41, 5.74) is 7.72. The van der Waals surface area contributed by atoms with Crippen LogP contribution in [-0.4, -0.2) is 19.9 Å². The minimum Gasteiger partial charge on any atom is -0.383 e. The van der Waals surface area contributed by atoms with E-state index in [2.05, 4.69) is 15.2 Å². The number of nitrogens with two attached hydrogens (primary N) is 1. The third-order valence-corrected chi connectivity index (χ3v) is 3.42. The second kappa shape index (κ2) is 4.19. The summed E-state index contributed by atoms with van der Waals surface area (Å²) in [4.78, 5) is 4.40. The number of benzene rings is 1. The Labute approximate surface area is 115 Å². The molecule has 2 heterocycles. The Balaban J connectivity index is 1.74. The SMILES string of the molecule is Nc1c(-c2nc(C3CC3)no2)cnn1-c1ccccc1. The molecule has 6 nitrogen and oxygen atoms in total.